The number of nitrogens with zero attached hydrogens (tertiary/aromatic N) is 1. The summed E-state index contributed by atoms with van der Waals surface area (Å²) in [6.07, 6.45) is 7.26. The summed E-state index contributed by atoms with van der Waals surface area (Å²) in [4.78, 5) is 4.23. The molecule has 0 amide bonds. The molecule has 2 nitrogen and oxygen atoms in total. The molecule has 0 spiro atoms. The topological polar surface area (TPSA) is 24.9 Å². The Balaban J connectivity index is 2.33. The molecule has 0 aromatic carbocycles. The number of hydrogen-bond acceptors (Lipinski definition) is 2. The molecule has 1 aromatic heterocycles. The molecule has 1 aromatic rings. The van der Waals surface area contributed by atoms with Crippen LogP contribution in [-0.4, -0.2) is 18.1 Å². The fourth-order valence-electron chi connectivity index (χ4n) is 1.16. The van der Waals surface area contributed by atoms with Crippen LogP contribution >= 0.6 is 0 Å². The maximum absolute atomic E-state index is 4.23. The lowest BCUT2D eigenvalue weighted by Gasteiger charge is -1.96. The van der Waals surface area contributed by atoms with E-state index in [4.69, 9.17) is 0 Å². The lowest BCUT2D eigenvalue weighted by atomic mass is 10.2. The van der Waals surface area contributed by atoms with Crippen molar-refractivity contribution in [3.05, 3.63) is 35.7 Å². The average molecular weight is 190 g/mol. The summed E-state index contributed by atoms with van der Waals surface area (Å²) in [6.45, 7) is 6.21. The van der Waals surface area contributed by atoms with Gasteiger partial charge in [0.15, 0.2) is 0 Å². The zero-order valence-corrected chi connectivity index (χ0v) is 8.96. The van der Waals surface area contributed by atoms with Gasteiger partial charge < -0.3 is 5.32 Å². The average Bonchev–Trinajstić information content (AvgIpc) is 2.21. The van der Waals surface area contributed by atoms with Crippen LogP contribution in [0.5, 0.6) is 0 Å². The van der Waals surface area contributed by atoms with Gasteiger partial charge in [-0.15, -0.1) is 0 Å². The Labute approximate surface area is 86.1 Å². The molecule has 0 unspecified atom stereocenters. The maximum atomic E-state index is 4.23. The summed E-state index contributed by atoms with van der Waals surface area (Å²) in [5, 5.41) is 3.28. The Morgan fingerprint density at radius 2 is 2.29 bits per heavy atom. The van der Waals surface area contributed by atoms with E-state index in [1.54, 1.807) is 0 Å². The first-order chi connectivity index (χ1) is 6.83. The predicted molar refractivity (Wildman–Crippen MR) is 61.2 cm³/mol. The molecule has 0 aliphatic heterocycles. The quantitative estimate of drug-likeness (QED) is 0.721. The lowest BCUT2D eigenvalue weighted by Crippen LogP contribution is -2.12. The van der Waals surface area contributed by atoms with E-state index in [0.29, 0.717) is 0 Å². The molecule has 2 heteroatoms. The zero-order valence-electron chi connectivity index (χ0n) is 8.96. The van der Waals surface area contributed by atoms with Crippen LogP contribution in [-0.2, 0) is 0 Å². The molecule has 0 atom stereocenters. The number of aryl methyl sites for hydroxylation is 1. The smallest absolute Gasteiger partial charge is 0.0373 e. The van der Waals surface area contributed by atoms with Crippen molar-refractivity contribution in [1.29, 1.82) is 0 Å². The summed E-state index contributed by atoms with van der Waals surface area (Å²) >= 11 is 0. The SMILES string of the molecule is CCNCCC=Cc1ccc(C)nc1. The van der Waals surface area contributed by atoms with Gasteiger partial charge in [0.1, 0.15) is 0 Å². The summed E-state index contributed by atoms with van der Waals surface area (Å²) in [5.74, 6) is 0. The summed E-state index contributed by atoms with van der Waals surface area (Å²) in [6, 6.07) is 4.12. The first-order valence-electron chi connectivity index (χ1n) is 5.13. The van der Waals surface area contributed by atoms with E-state index in [2.05, 4.69) is 35.4 Å². The number of aromatic nitrogens is 1. The van der Waals surface area contributed by atoms with Crippen LogP contribution in [0.2, 0.25) is 0 Å². The molecule has 0 fully saturated rings. The van der Waals surface area contributed by atoms with Gasteiger partial charge in [0.25, 0.3) is 0 Å². The van der Waals surface area contributed by atoms with Crippen LogP contribution in [0.15, 0.2) is 24.4 Å². The molecule has 0 radical (unpaired) electrons. The van der Waals surface area contributed by atoms with E-state index < -0.39 is 0 Å². The highest BCUT2D eigenvalue weighted by molar-refractivity contribution is 5.47. The van der Waals surface area contributed by atoms with Crippen LogP contribution in [0.1, 0.15) is 24.6 Å². The Hall–Kier alpha value is -1.15. The molecule has 0 saturated carbocycles. The first-order valence-corrected chi connectivity index (χ1v) is 5.13. The van der Waals surface area contributed by atoms with Crippen LogP contribution in [0.25, 0.3) is 6.08 Å². The number of pyridine rings is 1. The van der Waals surface area contributed by atoms with E-state index in [0.717, 1.165) is 25.2 Å². The van der Waals surface area contributed by atoms with Gasteiger partial charge in [0, 0.05) is 11.9 Å². The second-order valence-electron chi connectivity index (χ2n) is 3.28. The van der Waals surface area contributed by atoms with Crippen molar-refractivity contribution < 1.29 is 0 Å². The Bertz CT molecular complexity index is 275. The molecule has 1 N–H and O–H groups in total. The third-order valence-corrected chi connectivity index (χ3v) is 1.98. The lowest BCUT2D eigenvalue weighted by molar-refractivity contribution is 0.727. The van der Waals surface area contributed by atoms with Crippen molar-refractivity contribution in [2.24, 2.45) is 0 Å². The first kappa shape index (κ1) is 10.9. The third-order valence-electron chi connectivity index (χ3n) is 1.98. The Morgan fingerprint density at radius 1 is 1.43 bits per heavy atom. The Morgan fingerprint density at radius 3 is 2.93 bits per heavy atom. The highest BCUT2D eigenvalue weighted by atomic mass is 14.8. The number of nitrogens with one attached hydrogen (secondary N) is 1. The van der Waals surface area contributed by atoms with Crippen molar-refractivity contribution in [1.82, 2.24) is 10.3 Å². The summed E-state index contributed by atoms with van der Waals surface area (Å²) in [7, 11) is 0. The number of rotatable bonds is 5. The van der Waals surface area contributed by atoms with Gasteiger partial charge in [-0.2, -0.15) is 0 Å². The molecule has 1 rings (SSSR count). The molecule has 1 heterocycles. The normalized spacial score (nSPS) is 11.0. The highest BCUT2D eigenvalue weighted by Gasteiger charge is 1.86. The fraction of sp³-hybridized carbons (Fsp3) is 0.417. The fourth-order valence-corrected chi connectivity index (χ4v) is 1.16. The maximum Gasteiger partial charge on any atom is 0.0373 e. The van der Waals surface area contributed by atoms with Crippen molar-refractivity contribution in [3.63, 3.8) is 0 Å². The van der Waals surface area contributed by atoms with Crippen molar-refractivity contribution in [3.8, 4) is 0 Å². The largest absolute Gasteiger partial charge is 0.317 e. The van der Waals surface area contributed by atoms with Crippen molar-refractivity contribution >= 4 is 6.08 Å². The Kier molecular flexibility index (Phi) is 4.94. The monoisotopic (exact) mass is 190 g/mol. The van der Waals surface area contributed by atoms with Crippen molar-refractivity contribution in [2.45, 2.75) is 20.3 Å². The van der Waals surface area contributed by atoms with E-state index >= 15 is 0 Å². The third kappa shape index (κ3) is 4.19. The molecular formula is C12H18N2. The van der Waals surface area contributed by atoms with Crippen molar-refractivity contribution in [2.75, 3.05) is 13.1 Å². The van der Waals surface area contributed by atoms with Crippen LogP contribution < -0.4 is 5.32 Å². The van der Waals surface area contributed by atoms with E-state index in [9.17, 15) is 0 Å². The molecule has 0 aliphatic carbocycles. The van der Waals surface area contributed by atoms with Gasteiger partial charge in [-0.3, -0.25) is 4.98 Å². The second-order valence-corrected chi connectivity index (χ2v) is 3.28. The van der Waals surface area contributed by atoms with Gasteiger partial charge in [0.2, 0.25) is 0 Å². The standard InChI is InChI=1S/C12H18N2/c1-3-13-9-5-4-6-12-8-7-11(2)14-10-12/h4,6-8,10,13H,3,5,9H2,1-2H3. The van der Waals surface area contributed by atoms with Gasteiger partial charge in [-0.25, -0.2) is 0 Å². The summed E-state index contributed by atoms with van der Waals surface area (Å²) < 4.78 is 0. The molecular weight excluding hydrogens is 172 g/mol. The molecule has 0 aliphatic rings. The van der Waals surface area contributed by atoms with E-state index in [1.165, 1.54) is 5.56 Å². The van der Waals surface area contributed by atoms with Crippen LogP contribution in [0, 0.1) is 6.92 Å². The van der Waals surface area contributed by atoms with Gasteiger partial charge in [0.05, 0.1) is 0 Å². The minimum atomic E-state index is 1.04. The molecule has 14 heavy (non-hydrogen) atoms. The van der Waals surface area contributed by atoms with E-state index in [-0.39, 0.29) is 0 Å². The zero-order chi connectivity index (χ0) is 10.2. The molecule has 0 bridgehead atoms. The van der Waals surface area contributed by atoms with Gasteiger partial charge in [-0.1, -0.05) is 25.1 Å². The number of hydrogen-bond donors (Lipinski definition) is 1. The van der Waals surface area contributed by atoms with Crippen LogP contribution in [0.3, 0.4) is 0 Å². The van der Waals surface area contributed by atoms with Crippen LogP contribution in [0.4, 0.5) is 0 Å². The predicted octanol–water partition coefficient (Wildman–Crippen LogP) is 2.40. The highest BCUT2D eigenvalue weighted by Crippen LogP contribution is 2.01. The second kappa shape index (κ2) is 6.33. The van der Waals surface area contributed by atoms with E-state index in [1.807, 2.05) is 19.2 Å². The minimum absolute atomic E-state index is 1.04. The molecule has 76 valence electrons. The van der Waals surface area contributed by atoms with Gasteiger partial charge in [-0.05, 0) is 38.1 Å². The summed E-state index contributed by atoms with van der Waals surface area (Å²) in [5.41, 5.74) is 2.24. The molecule has 0 saturated heterocycles. The minimum Gasteiger partial charge on any atom is -0.317 e. The van der Waals surface area contributed by atoms with Gasteiger partial charge >= 0.3 is 0 Å².